The second-order valence-electron chi connectivity index (χ2n) is 5.48. The average molecular weight is 332 g/mol. The molecule has 1 heterocycles. The van der Waals surface area contributed by atoms with Gasteiger partial charge in [-0.05, 0) is 23.9 Å². The average Bonchev–Trinajstić information content (AvgIpc) is 3.07. The molecule has 1 atom stereocenters. The summed E-state index contributed by atoms with van der Waals surface area (Å²) in [5, 5.41) is 2.02. The summed E-state index contributed by atoms with van der Waals surface area (Å²) in [6, 6.07) is 11.4. The molecule has 23 heavy (non-hydrogen) atoms. The van der Waals surface area contributed by atoms with Crippen LogP contribution >= 0.6 is 11.3 Å². The quantitative estimate of drug-likeness (QED) is 0.806. The highest BCUT2D eigenvalue weighted by molar-refractivity contribution is 7.09. The SMILES string of the molecule is CCCC(N)C(=O)N(Cc1cccs1)Cc1ccccc1OC. The van der Waals surface area contributed by atoms with E-state index in [-0.39, 0.29) is 5.91 Å². The highest BCUT2D eigenvalue weighted by atomic mass is 32.1. The Morgan fingerprint density at radius 3 is 2.70 bits per heavy atom. The third-order valence-corrected chi connectivity index (χ3v) is 4.57. The summed E-state index contributed by atoms with van der Waals surface area (Å²) in [6.07, 6.45) is 1.60. The van der Waals surface area contributed by atoms with Gasteiger partial charge < -0.3 is 15.4 Å². The monoisotopic (exact) mass is 332 g/mol. The predicted octanol–water partition coefficient (Wildman–Crippen LogP) is 3.41. The molecule has 2 aromatic rings. The molecule has 0 bridgehead atoms. The van der Waals surface area contributed by atoms with Crippen molar-refractivity contribution >= 4 is 17.2 Å². The molecule has 1 unspecified atom stereocenters. The first kappa shape index (κ1) is 17.5. The fourth-order valence-corrected chi connectivity index (χ4v) is 3.23. The van der Waals surface area contributed by atoms with Crippen molar-refractivity contribution in [2.24, 2.45) is 5.73 Å². The highest BCUT2D eigenvalue weighted by Crippen LogP contribution is 2.22. The first-order chi connectivity index (χ1) is 11.2. The Balaban J connectivity index is 2.20. The van der Waals surface area contributed by atoms with Gasteiger partial charge in [0.25, 0.3) is 0 Å². The van der Waals surface area contributed by atoms with E-state index in [1.807, 2.05) is 53.6 Å². The molecule has 1 aromatic carbocycles. The number of carbonyl (C=O) groups excluding carboxylic acids is 1. The van der Waals surface area contributed by atoms with Crippen molar-refractivity contribution in [1.82, 2.24) is 4.90 Å². The number of nitrogens with zero attached hydrogens (tertiary/aromatic N) is 1. The smallest absolute Gasteiger partial charge is 0.240 e. The fourth-order valence-electron chi connectivity index (χ4n) is 2.51. The highest BCUT2D eigenvalue weighted by Gasteiger charge is 2.22. The molecule has 2 N–H and O–H groups in total. The van der Waals surface area contributed by atoms with Crippen LogP contribution in [-0.4, -0.2) is 24.0 Å². The summed E-state index contributed by atoms with van der Waals surface area (Å²) in [7, 11) is 1.65. The number of amides is 1. The molecule has 0 saturated heterocycles. The van der Waals surface area contributed by atoms with Crippen molar-refractivity contribution in [3.05, 3.63) is 52.2 Å². The molecule has 1 aromatic heterocycles. The Morgan fingerprint density at radius 2 is 2.04 bits per heavy atom. The first-order valence-corrected chi connectivity index (χ1v) is 8.72. The number of methoxy groups -OCH3 is 1. The predicted molar refractivity (Wildman–Crippen MR) is 94.5 cm³/mol. The van der Waals surface area contributed by atoms with Crippen LogP contribution in [0.15, 0.2) is 41.8 Å². The van der Waals surface area contributed by atoms with Crippen molar-refractivity contribution in [3.63, 3.8) is 0 Å². The zero-order chi connectivity index (χ0) is 16.7. The summed E-state index contributed by atoms with van der Waals surface area (Å²) >= 11 is 1.65. The van der Waals surface area contributed by atoms with Crippen LogP contribution < -0.4 is 10.5 Å². The lowest BCUT2D eigenvalue weighted by atomic mass is 10.1. The summed E-state index contributed by atoms with van der Waals surface area (Å²) in [5.74, 6) is 0.784. The maximum atomic E-state index is 12.7. The maximum Gasteiger partial charge on any atom is 0.240 e. The number of hydrogen-bond acceptors (Lipinski definition) is 4. The Labute approximate surface area is 141 Å². The van der Waals surface area contributed by atoms with Gasteiger partial charge in [-0.2, -0.15) is 0 Å². The topological polar surface area (TPSA) is 55.6 Å². The molecule has 0 spiro atoms. The lowest BCUT2D eigenvalue weighted by molar-refractivity contribution is -0.134. The van der Waals surface area contributed by atoms with Gasteiger partial charge >= 0.3 is 0 Å². The van der Waals surface area contributed by atoms with Crippen molar-refractivity contribution < 1.29 is 9.53 Å². The van der Waals surface area contributed by atoms with E-state index < -0.39 is 6.04 Å². The molecule has 1 amide bonds. The Morgan fingerprint density at radius 1 is 1.26 bits per heavy atom. The van der Waals surface area contributed by atoms with Gasteiger partial charge in [0.2, 0.25) is 5.91 Å². The Kier molecular flexibility index (Phi) is 6.62. The van der Waals surface area contributed by atoms with E-state index in [4.69, 9.17) is 10.5 Å². The van der Waals surface area contributed by atoms with Crippen LogP contribution in [-0.2, 0) is 17.9 Å². The van der Waals surface area contributed by atoms with E-state index in [0.717, 1.165) is 22.6 Å². The van der Waals surface area contributed by atoms with Crippen LogP contribution in [0.1, 0.15) is 30.2 Å². The van der Waals surface area contributed by atoms with Gasteiger partial charge in [-0.25, -0.2) is 0 Å². The summed E-state index contributed by atoms with van der Waals surface area (Å²) in [4.78, 5) is 15.7. The van der Waals surface area contributed by atoms with Crippen LogP contribution in [0.25, 0.3) is 0 Å². The molecule has 4 nitrogen and oxygen atoms in total. The molecule has 0 saturated carbocycles. The summed E-state index contributed by atoms with van der Waals surface area (Å²) in [5.41, 5.74) is 7.05. The molecule has 0 aliphatic carbocycles. The van der Waals surface area contributed by atoms with E-state index in [9.17, 15) is 4.79 Å². The molecule has 0 aliphatic rings. The zero-order valence-electron chi connectivity index (χ0n) is 13.7. The minimum absolute atomic E-state index is 0.00819. The van der Waals surface area contributed by atoms with Crippen LogP contribution in [0.2, 0.25) is 0 Å². The fraction of sp³-hybridized carbons (Fsp3) is 0.389. The minimum Gasteiger partial charge on any atom is -0.496 e. The summed E-state index contributed by atoms with van der Waals surface area (Å²) < 4.78 is 5.40. The number of rotatable bonds is 8. The van der Waals surface area contributed by atoms with E-state index in [2.05, 4.69) is 0 Å². The number of ether oxygens (including phenoxy) is 1. The third kappa shape index (κ3) is 4.81. The second kappa shape index (κ2) is 8.70. The largest absolute Gasteiger partial charge is 0.496 e. The lowest BCUT2D eigenvalue weighted by Crippen LogP contribution is -2.42. The third-order valence-electron chi connectivity index (χ3n) is 3.71. The van der Waals surface area contributed by atoms with E-state index in [1.54, 1.807) is 18.4 Å². The van der Waals surface area contributed by atoms with Crippen molar-refractivity contribution in [2.45, 2.75) is 38.9 Å². The van der Waals surface area contributed by atoms with Gasteiger partial charge in [-0.3, -0.25) is 4.79 Å². The van der Waals surface area contributed by atoms with Gasteiger partial charge in [-0.1, -0.05) is 37.6 Å². The standard InChI is InChI=1S/C18H24N2O2S/c1-3-7-16(19)18(21)20(13-15-9-6-11-23-15)12-14-8-4-5-10-17(14)22-2/h4-6,8-11,16H,3,7,12-13,19H2,1-2H3. The molecule has 5 heteroatoms. The van der Waals surface area contributed by atoms with Gasteiger partial charge in [0, 0.05) is 17.0 Å². The van der Waals surface area contributed by atoms with Crippen molar-refractivity contribution in [3.8, 4) is 5.75 Å². The molecular weight excluding hydrogens is 308 g/mol. The number of thiophene rings is 1. The van der Waals surface area contributed by atoms with Crippen molar-refractivity contribution in [2.75, 3.05) is 7.11 Å². The second-order valence-corrected chi connectivity index (χ2v) is 6.51. The van der Waals surface area contributed by atoms with Gasteiger partial charge in [0.1, 0.15) is 5.75 Å². The maximum absolute atomic E-state index is 12.7. The van der Waals surface area contributed by atoms with Gasteiger partial charge in [0.05, 0.1) is 19.7 Å². The first-order valence-electron chi connectivity index (χ1n) is 7.84. The van der Waals surface area contributed by atoms with Crippen LogP contribution in [0.4, 0.5) is 0 Å². The normalized spacial score (nSPS) is 12.0. The minimum atomic E-state index is -0.449. The zero-order valence-corrected chi connectivity index (χ0v) is 14.5. The molecule has 2 rings (SSSR count). The van der Waals surface area contributed by atoms with Crippen molar-refractivity contribution in [1.29, 1.82) is 0 Å². The summed E-state index contributed by atoms with van der Waals surface area (Å²) in [6.45, 7) is 3.11. The number of hydrogen-bond donors (Lipinski definition) is 1. The number of nitrogens with two attached hydrogens (primary N) is 1. The molecular formula is C18H24N2O2S. The van der Waals surface area contributed by atoms with E-state index in [1.165, 1.54) is 0 Å². The van der Waals surface area contributed by atoms with Gasteiger partial charge in [0.15, 0.2) is 0 Å². The van der Waals surface area contributed by atoms with Gasteiger partial charge in [-0.15, -0.1) is 11.3 Å². The molecule has 124 valence electrons. The van der Waals surface area contributed by atoms with Crippen LogP contribution in [0, 0.1) is 0 Å². The lowest BCUT2D eigenvalue weighted by Gasteiger charge is -2.26. The van der Waals surface area contributed by atoms with E-state index in [0.29, 0.717) is 19.5 Å². The van der Waals surface area contributed by atoms with Crippen LogP contribution in [0.3, 0.4) is 0 Å². The van der Waals surface area contributed by atoms with Crippen LogP contribution in [0.5, 0.6) is 5.75 Å². The molecule has 0 aliphatic heterocycles. The molecule has 0 fully saturated rings. The molecule has 0 radical (unpaired) electrons. The van der Waals surface area contributed by atoms with E-state index >= 15 is 0 Å². The Hall–Kier alpha value is -1.85. The number of para-hydroxylation sites is 1. The number of carbonyl (C=O) groups is 1. The Bertz CT molecular complexity index is 613. The number of benzene rings is 1.